The molecule has 0 radical (unpaired) electrons. The van der Waals surface area contributed by atoms with E-state index >= 15 is 0 Å². The van der Waals surface area contributed by atoms with Crippen molar-refractivity contribution in [3.05, 3.63) is 46.9 Å². The molecule has 1 aromatic heterocycles. The molecular formula is C17H15F3N4O2S. The average Bonchev–Trinajstić information content (AvgIpc) is 2.57. The lowest BCUT2D eigenvalue weighted by molar-refractivity contribution is -0.274. The quantitative estimate of drug-likeness (QED) is 0.596. The number of hydrogen-bond acceptors (Lipinski definition) is 6. The highest BCUT2D eigenvalue weighted by molar-refractivity contribution is 8.00. The van der Waals surface area contributed by atoms with Gasteiger partial charge in [-0.3, -0.25) is 4.79 Å². The molecule has 0 bridgehead atoms. The monoisotopic (exact) mass is 396 g/mol. The van der Waals surface area contributed by atoms with Gasteiger partial charge in [-0.1, -0.05) is 30.0 Å². The maximum absolute atomic E-state index is 12.4. The molecule has 0 unspecified atom stereocenters. The third kappa shape index (κ3) is 6.14. The Kier molecular flexibility index (Phi) is 6.63. The number of ether oxygens (including phenoxy) is 1. The SMILES string of the molecule is Cc1nc(C)c(C#N)c(SCC(=O)NCc2ccccc2OC(F)(F)F)n1. The van der Waals surface area contributed by atoms with E-state index in [2.05, 4.69) is 20.0 Å². The van der Waals surface area contributed by atoms with Gasteiger partial charge in [0, 0.05) is 12.1 Å². The van der Waals surface area contributed by atoms with Crippen LogP contribution in [0.2, 0.25) is 0 Å². The van der Waals surface area contributed by atoms with Gasteiger partial charge in [0.2, 0.25) is 5.91 Å². The molecule has 0 spiro atoms. The number of halogens is 3. The first-order valence-electron chi connectivity index (χ1n) is 7.68. The predicted octanol–water partition coefficient (Wildman–Crippen LogP) is 3.27. The zero-order chi connectivity index (χ0) is 20.0. The van der Waals surface area contributed by atoms with Crippen LogP contribution in [0.15, 0.2) is 29.3 Å². The van der Waals surface area contributed by atoms with E-state index in [1.54, 1.807) is 19.9 Å². The van der Waals surface area contributed by atoms with E-state index in [-0.39, 0.29) is 23.6 Å². The molecule has 0 saturated carbocycles. The number of nitrogens with zero attached hydrogens (tertiary/aromatic N) is 3. The van der Waals surface area contributed by atoms with Crippen molar-refractivity contribution >= 4 is 17.7 Å². The molecule has 2 rings (SSSR count). The molecule has 10 heteroatoms. The number of amides is 1. The fourth-order valence-corrected chi connectivity index (χ4v) is 3.07. The number of aryl methyl sites for hydroxylation is 2. The van der Waals surface area contributed by atoms with Crippen molar-refractivity contribution in [1.29, 1.82) is 5.26 Å². The average molecular weight is 396 g/mol. The lowest BCUT2D eigenvalue weighted by Gasteiger charge is -2.13. The van der Waals surface area contributed by atoms with E-state index in [1.165, 1.54) is 18.2 Å². The molecule has 0 fully saturated rings. The molecule has 0 aliphatic carbocycles. The lowest BCUT2D eigenvalue weighted by Crippen LogP contribution is -2.26. The van der Waals surface area contributed by atoms with Crippen LogP contribution in [0.4, 0.5) is 13.2 Å². The smallest absolute Gasteiger partial charge is 0.405 e. The van der Waals surface area contributed by atoms with Gasteiger partial charge in [0.15, 0.2) is 0 Å². The van der Waals surface area contributed by atoms with E-state index in [1.807, 2.05) is 6.07 Å². The summed E-state index contributed by atoms with van der Waals surface area (Å²) in [4.78, 5) is 20.3. The standard InChI is InChI=1S/C17H15F3N4O2S/c1-10-13(7-21)16(24-11(2)23-10)27-9-15(25)22-8-12-5-3-4-6-14(12)26-17(18,19)20/h3-6H,8-9H2,1-2H3,(H,22,25). The van der Waals surface area contributed by atoms with E-state index in [0.29, 0.717) is 22.1 Å². The molecule has 0 aliphatic heterocycles. The van der Waals surface area contributed by atoms with Crippen LogP contribution in [0, 0.1) is 25.2 Å². The summed E-state index contributed by atoms with van der Waals surface area (Å²) in [6.45, 7) is 3.23. The fraction of sp³-hybridized carbons (Fsp3) is 0.294. The first-order valence-corrected chi connectivity index (χ1v) is 8.66. The second-order valence-corrected chi connectivity index (χ2v) is 6.33. The molecule has 0 atom stereocenters. The van der Waals surface area contributed by atoms with Crippen LogP contribution < -0.4 is 10.1 Å². The van der Waals surface area contributed by atoms with Crippen molar-refractivity contribution in [3.8, 4) is 11.8 Å². The molecule has 1 heterocycles. The molecule has 0 aliphatic rings. The van der Waals surface area contributed by atoms with Gasteiger partial charge in [0.1, 0.15) is 28.2 Å². The van der Waals surface area contributed by atoms with E-state index < -0.39 is 12.3 Å². The van der Waals surface area contributed by atoms with Gasteiger partial charge < -0.3 is 10.1 Å². The summed E-state index contributed by atoms with van der Waals surface area (Å²) in [6, 6.07) is 7.56. The van der Waals surface area contributed by atoms with E-state index in [9.17, 15) is 23.2 Å². The van der Waals surface area contributed by atoms with Crippen molar-refractivity contribution in [2.24, 2.45) is 0 Å². The Morgan fingerprint density at radius 1 is 1.30 bits per heavy atom. The van der Waals surface area contributed by atoms with Crippen molar-refractivity contribution in [1.82, 2.24) is 15.3 Å². The van der Waals surface area contributed by atoms with Gasteiger partial charge >= 0.3 is 6.36 Å². The maximum atomic E-state index is 12.4. The Hall–Kier alpha value is -2.80. The maximum Gasteiger partial charge on any atom is 0.573 e. The third-order valence-electron chi connectivity index (χ3n) is 3.29. The van der Waals surface area contributed by atoms with Crippen LogP contribution >= 0.6 is 11.8 Å². The van der Waals surface area contributed by atoms with Crippen molar-refractivity contribution < 1.29 is 22.7 Å². The third-order valence-corrected chi connectivity index (χ3v) is 4.27. The number of para-hydroxylation sites is 1. The number of aromatic nitrogens is 2. The number of thioether (sulfide) groups is 1. The Morgan fingerprint density at radius 3 is 2.67 bits per heavy atom. The minimum absolute atomic E-state index is 0.0487. The van der Waals surface area contributed by atoms with Gasteiger partial charge in [-0.25, -0.2) is 9.97 Å². The Bertz CT molecular complexity index is 881. The number of nitrogens with one attached hydrogen (secondary N) is 1. The summed E-state index contributed by atoms with van der Waals surface area (Å²) in [5.74, 6) is -0.355. The fourth-order valence-electron chi connectivity index (χ4n) is 2.17. The zero-order valence-corrected chi connectivity index (χ0v) is 15.2. The number of alkyl halides is 3. The first kappa shape index (κ1) is 20.5. The van der Waals surface area contributed by atoms with Crippen LogP contribution in [0.5, 0.6) is 5.75 Å². The number of nitriles is 1. The highest BCUT2D eigenvalue weighted by atomic mass is 32.2. The summed E-state index contributed by atoms with van der Waals surface area (Å²) in [6.07, 6.45) is -4.81. The van der Waals surface area contributed by atoms with Gasteiger partial charge in [-0.15, -0.1) is 13.2 Å². The number of carbonyl (C=O) groups is 1. The van der Waals surface area contributed by atoms with Crippen LogP contribution in [0.1, 0.15) is 22.6 Å². The molecular weight excluding hydrogens is 381 g/mol. The van der Waals surface area contributed by atoms with Gasteiger partial charge in [-0.05, 0) is 19.9 Å². The van der Waals surface area contributed by atoms with Crippen molar-refractivity contribution in [2.45, 2.75) is 31.8 Å². The number of carbonyl (C=O) groups excluding carboxylic acids is 1. The summed E-state index contributed by atoms with van der Waals surface area (Å²) in [5.41, 5.74) is 1.01. The molecule has 1 amide bonds. The largest absolute Gasteiger partial charge is 0.573 e. The van der Waals surface area contributed by atoms with Gasteiger partial charge in [-0.2, -0.15) is 5.26 Å². The van der Waals surface area contributed by atoms with Crippen molar-refractivity contribution in [3.63, 3.8) is 0 Å². The zero-order valence-electron chi connectivity index (χ0n) is 14.4. The molecule has 1 N–H and O–H groups in total. The van der Waals surface area contributed by atoms with Crippen LogP contribution in [-0.4, -0.2) is 28.0 Å². The van der Waals surface area contributed by atoms with Crippen molar-refractivity contribution in [2.75, 3.05) is 5.75 Å². The Balaban J connectivity index is 1.98. The summed E-state index contributed by atoms with van der Waals surface area (Å²) >= 11 is 1.06. The van der Waals surface area contributed by atoms with Crippen LogP contribution in [-0.2, 0) is 11.3 Å². The molecule has 0 saturated heterocycles. The van der Waals surface area contributed by atoms with Crippen LogP contribution in [0.3, 0.4) is 0 Å². The minimum atomic E-state index is -4.81. The van der Waals surface area contributed by atoms with E-state index in [4.69, 9.17) is 0 Å². The summed E-state index contributed by atoms with van der Waals surface area (Å²) in [7, 11) is 0. The number of benzene rings is 1. The Labute approximate surface area is 157 Å². The van der Waals surface area contributed by atoms with Gasteiger partial charge in [0.25, 0.3) is 0 Å². The molecule has 1 aromatic carbocycles. The second-order valence-electron chi connectivity index (χ2n) is 5.37. The molecule has 6 nitrogen and oxygen atoms in total. The minimum Gasteiger partial charge on any atom is -0.405 e. The topological polar surface area (TPSA) is 87.9 Å². The number of hydrogen-bond donors (Lipinski definition) is 1. The van der Waals surface area contributed by atoms with Crippen LogP contribution in [0.25, 0.3) is 0 Å². The lowest BCUT2D eigenvalue weighted by atomic mass is 10.2. The highest BCUT2D eigenvalue weighted by Gasteiger charge is 2.32. The van der Waals surface area contributed by atoms with E-state index in [0.717, 1.165) is 11.8 Å². The second kappa shape index (κ2) is 8.73. The van der Waals surface area contributed by atoms with Gasteiger partial charge in [0.05, 0.1) is 11.4 Å². The molecule has 142 valence electrons. The first-order chi connectivity index (χ1) is 12.7. The summed E-state index contributed by atoms with van der Waals surface area (Å²) < 4.78 is 41.2. The molecule has 27 heavy (non-hydrogen) atoms. The summed E-state index contributed by atoms with van der Waals surface area (Å²) in [5, 5.41) is 12.1. The number of rotatable bonds is 6. The normalized spacial score (nSPS) is 11.0. The molecule has 2 aromatic rings. The predicted molar refractivity (Wildman–Crippen MR) is 91.9 cm³/mol. The Morgan fingerprint density at radius 2 is 2.00 bits per heavy atom. The highest BCUT2D eigenvalue weighted by Crippen LogP contribution is 2.26.